The monoisotopic (exact) mass is 336 g/mol. The summed E-state index contributed by atoms with van der Waals surface area (Å²) in [6.45, 7) is 2.20. The van der Waals surface area contributed by atoms with Crippen molar-refractivity contribution in [1.29, 1.82) is 0 Å². The molecule has 0 aliphatic heterocycles. The maximum absolute atomic E-state index is 11.5. The molecule has 0 bridgehead atoms. The maximum atomic E-state index is 11.5. The fourth-order valence-corrected chi connectivity index (χ4v) is 4.21. The van der Waals surface area contributed by atoms with Crippen LogP contribution >= 0.6 is 0 Å². The number of aromatic nitrogens is 2. The van der Waals surface area contributed by atoms with Crippen molar-refractivity contribution < 1.29 is 17.7 Å². The van der Waals surface area contributed by atoms with Gasteiger partial charge in [-0.25, -0.2) is 8.42 Å². The second-order valence-corrected chi connectivity index (χ2v) is 8.55. The lowest BCUT2D eigenvalue weighted by Gasteiger charge is -2.10. The number of hydrogen-bond acceptors (Lipinski definition) is 6. The van der Waals surface area contributed by atoms with Crippen LogP contribution in [-0.2, 0) is 22.9 Å². The molecule has 3 rings (SSSR count). The minimum Gasteiger partial charge on any atom is -0.485 e. The van der Waals surface area contributed by atoms with Crippen molar-refractivity contribution in [3.63, 3.8) is 0 Å². The summed E-state index contributed by atoms with van der Waals surface area (Å²) in [5.74, 6) is 1.92. The van der Waals surface area contributed by atoms with Crippen LogP contribution < -0.4 is 4.74 Å². The highest BCUT2D eigenvalue weighted by Gasteiger charge is 2.46. The van der Waals surface area contributed by atoms with Crippen molar-refractivity contribution in [1.82, 2.24) is 10.1 Å². The number of rotatable bonds is 7. The molecule has 124 valence electrons. The van der Waals surface area contributed by atoms with E-state index in [-0.39, 0.29) is 17.8 Å². The van der Waals surface area contributed by atoms with Gasteiger partial charge in [0.25, 0.3) is 0 Å². The highest BCUT2D eigenvalue weighted by atomic mass is 32.2. The van der Waals surface area contributed by atoms with Gasteiger partial charge in [0.1, 0.15) is 15.6 Å². The number of sulfone groups is 1. The molecule has 1 fully saturated rings. The molecular formula is C16H20N2O4S. The molecule has 0 radical (unpaired) electrons. The Hall–Kier alpha value is -1.89. The van der Waals surface area contributed by atoms with Crippen molar-refractivity contribution in [2.24, 2.45) is 5.41 Å². The summed E-state index contributed by atoms with van der Waals surface area (Å²) in [4.78, 5) is 4.31. The lowest BCUT2D eigenvalue weighted by Crippen LogP contribution is -2.18. The normalized spacial score (nSPS) is 16.3. The van der Waals surface area contributed by atoms with Gasteiger partial charge in [0.05, 0.1) is 5.75 Å². The Kier molecular flexibility index (Phi) is 4.14. The Morgan fingerprint density at radius 3 is 2.70 bits per heavy atom. The topological polar surface area (TPSA) is 82.3 Å². The van der Waals surface area contributed by atoms with Crippen molar-refractivity contribution >= 4 is 9.84 Å². The standard InChI is InChI=1S/C16H20N2O4S/c1-12-5-3-4-6-13(12)21-10-14-17-15(22-18-14)9-16(7-8-16)11-23(2,19)20/h3-6H,7-11H2,1-2H3. The molecule has 2 aromatic rings. The first-order valence-corrected chi connectivity index (χ1v) is 9.59. The number of nitrogens with zero attached hydrogens (tertiary/aromatic N) is 2. The van der Waals surface area contributed by atoms with Crippen molar-refractivity contribution in [3.05, 3.63) is 41.5 Å². The van der Waals surface area contributed by atoms with Gasteiger partial charge in [-0.3, -0.25) is 0 Å². The average molecular weight is 336 g/mol. The van der Waals surface area contributed by atoms with E-state index in [1.165, 1.54) is 6.26 Å². The molecule has 0 N–H and O–H groups in total. The molecule has 23 heavy (non-hydrogen) atoms. The average Bonchev–Trinajstić information content (AvgIpc) is 3.04. The third-order valence-corrected chi connectivity index (χ3v) is 5.15. The summed E-state index contributed by atoms with van der Waals surface area (Å²) < 4.78 is 33.9. The van der Waals surface area contributed by atoms with Crippen LogP contribution in [0.2, 0.25) is 0 Å². The van der Waals surface area contributed by atoms with Crippen LogP contribution in [0.5, 0.6) is 5.75 Å². The molecule has 0 unspecified atom stereocenters. The van der Waals surface area contributed by atoms with Crippen LogP contribution in [0.15, 0.2) is 28.8 Å². The van der Waals surface area contributed by atoms with E-state index in [9.17, 15) is 8.42 Å². The van der Waals surface area contributed by atoms with E-state index >= 15 is 0 Å². The van der Waals surface area contributed by atoms with E-state index in [0.29, 0.717) is 18.1 Å². The third kappa shape index (κ3) is 4.31. The van der Waals surface area contributed by atoms with Crippen LogP contribution in [0.1, 0.15) is 30.1 Å². The van der Waals surface area contributed by atoms with Crippen molar-refractivity contribution in [2.45, 2.75) is 32.8 Å². The van der Waals surface area contributed by atoms with Gasteiger partial charge in [-0.2, -0.15) is 4.98 Å². The molecule has 0 atom stereocenters. The highest BCUT2D eigenvalue weighted by molar-refractivity contribution is 7.90. The van der Waals surface area contributed by atoms with Gasteiger partial charge < -0.3 is 9.26 Å². The predicted octanol–water partition coefficient (Wildman–Crippen LogP) is 2.32. The smallest absolute Gasteiger partial charge is 0.227 e. The van der Waals surface area contributed by atoms with Gasteiger partial charge in [0.2, 0.25) is 11.7 Å². The van der Waals surface area contributed by atoms with Gasteiger partial charge >= 0.3 is 0 Å². The van der Waals surface area contributed by atoms with Crippen LogP contribution in [0.25, 0.3) is 0 Å². The molecule has 1 aliphatic rings. The highest BCUT2D eigenvalue weighted by Crippen LogP contribution is 2.49. The second-order valence-electron chi connectivity index (χ2n) is 6.41. The Balaban J connectivity index is 1.60. The van der Waals surface area contributed by atoms with Gasteiger partial charge in [0, 0.05) is 12.7 Å². The summed E-state index contributed by atoms with van der Waals surface area (Å²) in [5, 5.41) is 3.91. The summed E-state index contributed by atoms with van der Waals surface area (Å²) in [5.41, 5.74) is 0.829. The quantitative estimate of drug-likeness (QED) is 0.772. The van der Waals surface area contributed by atoms with E-state index in [2.05, 4.69) is 10.1 Å². The third-order valence-electron chi connectivity index (χ3n) is 4.01. The zero-order valence-corrected chi connectivity index (χ0v) is 14.1. The minimum atomic E-state index is -3.00. The summed E-state index contributed by atoms with van der Waals surface area (Å²) in [6, 6.07) is 7.72. The van der Waals surface area contributed by atoms with E-state index in [0.717, 1.165) is 24.2 Å². The van der Waals surface area contributed by atoms with Gasteiger partial charge in [-0.05, 0) is 36.8 Å². The molecule has 1 aromatic carbocycles. The molecule has 0 amide bonds. The molecular weight excluding hydrogens is 316 g/mol. The van der Waals surface area contributed by atoms with E-state index in [1.807, 2.05) is 31.2 Å². The number of benzene rings is 1. The van der Waals surface area contributed by atoms with Crippen LogP contribution in [0.4, 0.5) is 0 Å². The zero-order chi connectivity index (χ0) is 16.5. The summed E-state index contributed by atoms with van der Waals surface area (Å²) >= 11 is 0. The molecule has 0 spiro atoms. The fourth-order valence-electron chi connectivity index (χ4n) is 2.71. The predicted molar refractivity (Wildman–Crippen MR) is 84.9 cm³/mol. The Morgan fingerprint density at radius 1 is 1.30 bits per heavy atom. The van der Waals surface area contributed by atoms with E-state index in [4.69, 9.17) is 9.26 Å². The SMILES string of the molecule is Cc1ccccc1OCc1noc(CC2(CS(C)(=O)=O)CC2)n1. The molecule has 0 saturated heterocycles. The van der Waals surface area contributed by atoms with E-state index in [1.54, 1.807) is 0 Å². The van der Waals surface area contributed by atoms with Crippen LogP contribution in [0, 0.1) is 12.3 Å². The fraction of sp³-hybridized carbons (Fsp3) is 0.500. The first-order chi connectivity index (χ1) is 10.9. The minimum absolute atomic E-state index is 0.178. The molecule has 1 aromatic heterocycles. The molecule has 1 saturated carbocycles. The Morgan fingerprint density at radius 2 is 2.04 bits per heavy atom. The Labute approximate surface area is 135 Å². The van der Waals surface area contributed by atoms with Crippen LogP contribution in [0.3, 0.4) is 0 Å². The van der Waals surface area contributed by atoms with Gasteiger partial charge in [0.15, 0.2) is 6.61 Å². The largest absolute Gasteiger partial charge is 0.485 e. The number of para-hydroxylation sites is 1. The lowest BCUT2D eigenvalue weighted by atomic mass is 10.1. The van der Waals surface area contributed by atoms with E-state index < -0.39 is 9.84 Å². The first-order valence-electron chi connectivity index (χ1n) is 7.53. The van der Waals surface area contributed by atoms with Gasteiger partial charge in [-0.1, -0.05) is 23.4 Å². The zero-order valence-electron chi connectivity index (χ0n) is 13.3. The summed E-state index contributed by atoms with van der Waals surface area (Å²) in [7, 11) is -3.00. The molecule has 1 heterocycles. The van der Waals surface area contributed by atoms with Crippen LogP contribution in [-0.4, -0.2) is 30.6 Å². The first kappa shape index (κ1) is 16.0. The van der Waals surface area contributed by atoms with Gasteiger partial charge in [-0.15, -0.1) is 0 Å². The summed E-state index contributed by atoms with van der Waals surface area (Å²) in [6.07, 6.45) is 3.55. The maximum Gasteiger partial charge on any atom is 0.227 e. The number of hydrogen-bond donors (Lipinski definition) is 0. The van der Waals surface area contributed by atoms with Crippen molar-refractivity contribution in [2.75, 3.05) is 12.0 Å². The molecule has 6 nitrogen and oxygen atoms in total. The lowest BCUT2D eigenvalue weighted by molar-refractivity contribution is 0.282. The number of aryl methyl sites for hydroxylation is 1. The van der Waals surface area contributed by atoms with Crippen molar-refractivity contribution in [3.8, 4) is 5.75 Å². The number of ether oxygens (including phenoxy) is 1. The molecule has 7 heteroatoms. The Bertz CT molecular complexity index is 794. The molecule has 1 aliphatic carbocycles. The second kappa shape index (κ2) is 5.96.